The second-order valence-electron chi connectivity index (χ2n) is 5.15. The van der Waals surface area contributed by atoms with Crippen LogP contribution in [0.3, 0.4) is 0 Å². The zero-order valence-corrected chi connectivity index (χ0v) is 12.4. The van der Waals surface area contributed by atoms with Gasteiger partial charge in [0.1, 0.15) is 0 Å². The Morgan fingerprint density at radius 2 is 2.26 bits per heavy atom. The molecule has 0 aromatic heterocycles. The quantitative estimate of drug-likeness (QED) is 0.890. The monoisotopic (exact) mass is 278 g/mol. The lowest BCUT2D eigenvalue weighted by molar-refractivity contribution is -0.124. The summed E-state index contributed by atoms with van der Waals surface area (Å²) in [6.07, 6.45) is 1.90. The maximum atomic E-state index is 12.2. The molecule has 3 unspecified atom stereocenters. The fourth-order valence-electron chi connectivity index (χ4n) is 2.27. The summed E-state index contributed by atoms with van der Waals surface area (Å²) >= 11 is 1.86. The number of nitrogens with one attached hydrogen (secondary N) is 1. The summed E-state index contributed by atoms with van der Waals surface area (Å²) in [6.45, 7) is 4.08. The van der Waals surface area contributed by atoms with Gasteiger partial charge in [-0.2, -0.15) is 0 Å². The third-order valence-electron chi connectivity index (χ3n) is 3.83. The van der Waals surface area contributed by atoms with E-state index >= 15 is 0 Å². The predicted molar refractivity (Wildman–Crippen MR) is 80.1 cm³/mol. The summed E-state index contributed by atoms with van der Waals surface area (Å²) in [6, 6.07) is 7.99. The first-order valence-corrected chi connectivity index (χ1v) is 7.89. The van der Waals surface area contributed by atoms with Crippen LogP contribution in [0.15, 0.2) is 29.2 Å². The van der Waals surface area contributed by atoms with Crippen molar-refractivity contribution in [2.75, 3.05) is 5.75 Å². The lowest BCUT2D eigenvalue weighted by Gasteiger charge is -2.28. The predicted octanol–water partition coefficient (Wildman–Crippen LogP) is 2.71. The zero-order valence-electron chi connectivity index (χ0n) is 11.6. The second-order valence-corrected chi connectivity index (χ2v) is 6.28. The molecule has 3 nitrogen and oxygen atoms in total. The van der Waals surface area contributed by atoms with Crippen molar-refractivity contribution < 1.29 is 4.79 Å². The summed E-state index contributed by atoms with van der Waals surface area (Å²) in [5.74, 6) is 1.23. The highest BCUT2D eigenvalue weighted by Crippen LogP contribution is 2.35. The van der Waals surface area contributed by atoms with Crippen molar-refractivity contribution in [1.29, 1.82) is 0 Å². The van der Waals surface area contributed by atoms with Crippen LogP contribution in [0.1, 0.15) is 38.3 Å². The Balaban J connectivity index is 2.06. The first kappa shape index (κ1) is 14.4. The van der Waals surface area contributed by atoms with Crippen LogP contribution in [0.25, 0.3) is 0 Å². The molecule has 1 heterocycles. The molecule has 1 aliphatic rings. The molecule has 0 fully saturated rings. The molecule has 0 saturated heterocycles. The van der Waals surface area contributed by atoms with E-state index in [9.17, 15) is 4.79 Å². The van der Waals surface area contributed by atoms with Gasteiger partial charge in [0.2, 0.25) is 5.91 Å². The smallest absolute Gasteiger partial charge is 0.237 e. The Kier molecular flexibility index (Phi) is 4.88. The largest absolute Gasteiger partial charge is 0.348 e. The molecule has 0 aliphatic carbocycles. The van der Waals surface area contributed by atoms with Crippen LogP contribution in [-0.2, 0) is 4.79 Å². The van der Waals surface area contributed by atoms with Gasteiger partial charge in [-0.1, -0.05) is 38.5 Å². The first-order valence-electron chi connectivity index (χ1n) is 6.91. The van der Waals surface area contributed by atoms with Gasteiger partial charge >= 0.3 is 0 Å². The van der Waals surface area contributed by atoms with E-state index in [0.717, 1.165) is 18.6 Å². The van der Waals surface area contributed by atoms with Crippen LogP contribution < -0.4 is 11.1 Å². The van der Waals surface area contributed by atoms with Crippen molar-refractivity contribution >= 4 is 17.7 Å². The molecule has 1 aromatic carbocycles. The minimum absolute atomic E-state index is 0.0268. The third kappa shape index (κ3) is 3.31. The van der Waals surface area contributed by atoms with Gasteiger partial charge in [-0.05, 0) is 24.0 Å². The van der Waals surface area contributed by atoms with Crippen molar-refractivity contribution in [2.45, 2.75) is 43.7 Å². The summed E-state index contributed by atoms with van der Waals surface area (Å²) < 4.78 is 0. The topological polar surface area (TPSA) is 55.1 Å². The molecule has 1 amide bonds. The van der Waals surface area contributed by atoms with Gasteiger partial charge in [-0.3, -0.25) is 4.79 Å². The van der Waals surface area contributed by atoms with Gasteiger partial charge in [0.15, 0.2) is 0 Å². The molecule has 0 spiro atoms. The number of hydrogen-bond donors (Lipinski definition) is 2. The number of nitrogens with two attached hydrogens (primary N) is 1. The molecule has 3 atom stereocenters. The van der Waals surface area contributed by atoms with E-state index in [1.807, 2.05) is 30.8 Å². The molecule has 1 aromatic rings. The third-order valence-corrected chi connectivity index (χ3v) is 4.96. The number of amides is 1. The lowest BCUT2D eigenvalue weighted by Crippen LogP contribution is -2.46. The van der Waals surface area contributed by atoms with Crippen LogP contribution in [0.5, 0.6) is 0 Å². The van der Waals surface area contributed by atoms with E-state index in [4.69, 9.17) is 5.73 Å². The van der Waals surface area contributed by atoms with E-state index in [0.29, 0.717) is 0 Å². The summed E-state index contributed by atoms with van der Waals surface area (Å²) in [5.41, 5.74) is 7.22. The molecule has 19 heavy (non-hydrogen) atoms. The molecule has 0 saturated carbocycles. The number of thioether (sulfide) groups is 1. The Labute approximate surface area is 119 Å². The molecule has 0 radical (unpaired) electrons. The van der Waals surface area contributed by atoms with Gasteiger partial charge in [-0.15, -0.1) is 11.8 Å². The van der Waals surface area contributed by atoms with Gasteiger partial charge in [-0.25, -0.2) is 0 Å². The van der Waals surface area contributed by atoms with E-state index in [1.165, 1.54) is 10.5 Å². The zero-order chi connectivity index (χ0) is 13.8. The fourth-order valence-corrected chi connectivity index (χ4v) is 3.40. The molecule has 2 rings (SSSR count). The maximum absolute atomic E-state index is 12.2. The van der Waals surface area contributed by atoms with Crippen LogP contribution in [0.4, 0.5) is 0 Å². The van der Waals surface area contributed by atoms with Crippen LogP contribution in [-0.4, -0.2) is 17.7 Å². The number of carbonyl (C=O) groups is 1. The number of benzene rings is 1. The Morgan fingerprint density at radius 1 is 1.53 bits per heavy atom. The molecular formula is C15H22N2OS. The minimum atomic E-state index is -0.410. The van der Waals surface area contributed by atoms with Gasteiger partial charge in [0, 0.05) is 10.6 Å². The summed E-state index contributed by atoms with van der Waals surface area (Å²) in [4.78, 5) is 13.5. The van der Waals surface area contributed by atoms with E-state index in [-0.39, 0.29) is 17.9 Å². The molecule has 4 heteroatoms. The van der Waals surface area contributed by atoms with Gasteiger partial charge < -0.3 is 11.1 Å². The highest BCUT2D eigenvalue weighted by atomic mass is 32.2. The Hall–Kier alpha value is -1.00. The van der Waals surface area contributed by atoms with Crippen molar-refractivity contribution in [3.63, 3.8) is 0 Å². The SMILES string of the molecule is CCC(C)C(N)C(=O)NC1CCSc2ccccc21. The molecular weight excluding hydrogens is 256 g/mol. The number of rotatable bonds is 4. The van der Waals surface area contributed by atoms with E-state index in [2.05, 4.69) is 24.4 Å². The van der Waals surface area contributed by atoms with Crippen LogP contribution in [0.2, 0.25) is 0 Å². The summed E-state index contributed by atoms with van der Waals surface area (Å²) in [7, 11) is 0. The van der Waals surface area contributed by atoms with Crippen molar-refractivity contribution in [3.8, 4) is 0 Å². The van der Waals surface area contributed by atoms with Crippen LogP contribution >= 0.6 is 11.8 Å². The van der Waals surface area contributed by atoms with Crippen LogP contribution in [0, 0.1) is 5.92 Å². The Morgan fingerprint density at radius 3 is 3.00 bits per heavy atom. The van der Waals surface area contributed by atoms with Crippen molar-refractivity contribution in [2.24, 2.45) is 11.7 Å². The minimum Gasteiger partial charge on any atom is -0.348 e. The van der Waals surface area contributed by atoms with Crippen molar-refractivity contribution in [3.05, 3.63) is 29.8 Å². The average molecular weight is 278 g/mol. The molecule has 1 aliphatic heterocycles. The summed E-state index contributed by atoms with van der Waals surface area (Å²) in [5, 5.41) is 3.11. The second kappa shape index (κ2) is 6.44. The number of fused-ring (bicyclic) bond motifs is 1. The van der Waals surface area contributed by atoms with E-state index < -0.39 is 6.04 Å². The highest BCUT2D eigenvalue weighted by Gasteiger charge is 2.26. The average Bonchev–Trinajstić information content (AvgIpc) is 2.46. The molecule has 0 bridgehead atoms. The lowest BCUT2D eigenvalue weighted by atomic mass is 9.97. The number of hydrogen-bond acceptors (Lipinski definition) is 3. The molecule has 3 N–H and O–H groups in total. The van der Waals surface area contributed by atoms with Crippen molar-refractivity contribution in [1.82, 2.24) is 5.32 Å². The highest BCUT2D eigenvalue weighted by molar-refractivity contribution is 7.99. The van der Waals surface area contributed by atoms with Gasteiger partial charge in [0.25, 0.3) is 0 Å². The Bertz CT molecular complexity index is 450. The number of carbonyl (C=O) groups excluding carboxylic acids is 1. The first-order chi connectivity index (χ1) is 9.13. The standard InChI is InChI=1S/C15H22N2OS/c1-3-10(2)14(16)15(18)17-12-8-9-19-13-7-5-4-6-11(12)13/h4-7,10,12,14H,3,8-9,16H2,1-2H3,(H,17,18). The molecule has 104 valence electrons. The van der Waals surface area contributed by atoms with E-state index in [1.54, 1.807) is 0 Å². The fraction of sp³-hybridized carbons (Fsp3) is 0.533. The normalized spacial score (nSPS) is 21.3. The maximum Gasteiger partial charge on any atom is 0.237 e. The van der Waals surface area contributed by atoms with Gasteiger partial charge in [0.05, 0.1) is 12.1 Å².